The van der Waals surface area contributed by atoms with E-state index >= 15 is 0 Å². The maximum atomic E-state index is 12.0. The summed E-state index contributed by atoms with van der Waals surface area (Å²) < 4.78 is 15.3. The Labute approximate surface area is 112 Å². The molecule has 1 aromatic heterocycles. The third-order valence-electron chi connectivity index (χ3n) is 2.65. The Kier molecular flexibility index (Phi) is 2.75. The number of carbonyl (C=O) groups is 2. The third-order valence-corrected chi connectivity index (χ3v) is 2.65. The van der Waals surface area contributed by atoms with Gasteiger partial charge in [-0.25, -0.2) is 9.78 Å². The van der Waals surface area contributed by atoms with Gasteiger partial charge in [0.25, 0.3) is 11.8 Å². The Hall–Kier alpha value is -3.03. The highest BCUT2D eigenvalue weighted by Crippen LogP contribution is 2.32. The lowest BCUT2D eigenvalue weighted by Crippen LogP contribution is -2.16. The van der Waals surface area contributed by atoms with Crippen LogP contribution in [-0.4, -0.2) is 28.6 Å². The molecule has 0 saturated carbocycles. The molecule has 2 aromatic rings. The fourth-order valence-electron chi connectivity index (χ4n) is 1.71. The summed E-state index contributed by atoms with van der Waals surface area (Å²) in [7, 11) is 0. The molecule has 0 radical (unpaired) electrons. The van der Waals surface area contributed by atoms with Crippen molar-refractivity contribution in [1.29, 1.82) is 0 Å². The zero-order valence-corrected chi connectivity index (χ0v) is 10.1. The zero-order chi connectivity index (χ0) is 14.1. The first-order valence-corrected chi connectivity index (χ1v) is 5.60. The molecule has 0 fully saturated rings. The minimum atomic E-state index is -0.768. The van der Waals surface area contributed by atoms with Crippen molar-refractivity contribution in [2.24, 2.45) is 5.73 Å². The van der Waals surface area contributed by atoms with Crippen LogP contribution in [0.15, 0.2) is 24.5 Å². The normalized spacial score (nSPS) is 12.2. The van der Waals surface area contributed by atoms with Gasteiger partial charge in [-0.2, -0.15) is 0 Å². The summed E-state index contributed by atoms with van der Waals surface area (Å²) in [6.45, 7) is 0.110. The van der Waals surface area contributed by atoms with E-state index in [0.717, 1.165) is 0 Å². The quantitative estimate of drug-likeness (QED) is 0.786. The number of hydrogen-bond donors (Lipinski definition) is 2. The average molecular weight is 275 g/mol. The summed E-state index contributed by atoms with van der Waals surface area (Å²) in [5, 5.41) is 0. The van der Waals surface area contributed by atoms with E-state index in [1.54, 1.807) is 6.07 Å². The minimum absolute atomic E-state index is 0.0703. The van der Waals surface area contributed by atoms with Gasteiger partial charge in [0.1, 0.15) is 0 Å². The number of aromatic nitrogens is 2. The second-order valence-corrected chi connectivity index (χ2v) is 3.90. The fourth-order valence-corrected chi connectivity index (χ4v) is 1.71. The van der Waals surface area contributed by atoms with Gasteiger partial charge in [-0.1, -0.05) is 0 Å². The molecular formula is C12H9N3O5. The minimum Gasteiger partial charge on any atom is -0.454 e. The van der Waals surface area contributed by atoms with Crippen LogP contribution in [0.25, 0.3) is 0 Å². The number of nitrogens with zero attached hydrogens (tertiary/aromatic N) is 1. The summed E-state index contributed by atoms with van der Waals surface area (Å²) in [4.78, 5) is 29.3. The number of nitrogens with two attached hydrogens (primary N) is 1. The molecule has 1 aliphatic heterocycles. The maximum absolute atomic E-state index is 12.0. The van der Waals surface area contributed by atoms with Crippen molar-refractivity contribution in [1.82, 2.24) is 9.97 Å². The predicted octanol–water partition coefficient (Wildman–Crippen LogP) is 0.456. The molecule has 0 bridgehead atoms. The molecule has 2 heterocycles. The third kappa shape index (κ3) is 2.03. The highest BCUT2D eigenvalue weighted by atomic mass is 16.7. The highest BCUT2D eigenvalue weighted by Gasteiger charge is 2.20. The lowest BCUT2D eigenvalue weighted by Gasteiger charge is -2.03. The van der Waals surface area contributed by atoms with E-state index in [9.17, 15) is 9.59 Å². The monoisotopic (exact) mass is 275 g/mol. The van der Waals surface area contributed by atoms with E-state index in [-0.39, 0.29) is 23.9 Å². The molecule has 1 aromatic carbocycles. The molecule has 0 saturated heterocycles. The molecule has 20 heavy (non-hydrogen) atoms. The van der Waals surface area contributed by atoms with Crippen molar-refractivity contribution in [3.05, 3.63) is 35.8 Å². The number of amides is 1. The van der Waals surface area contributed by atoms with Crippen LogP contribution in [0.1, 0.15) is 20.8 Å². The summed E-state index contributed by atoms with van der Waals surface area (Å²) >= 11 is 0. The van der Waals surface area contributed by atoms with Gasteiger partial charge < -0.3 is 24.9 Å². The number of aromatic amines is 1. The second kappa shape index (κ2) is 4.57. The molecule has 0 aliphatic carbocycles. The average Bonchev–Trinajstić information content (AvgIpc) is 3.05. The number of hydrogen-bond acceptors (Lipinski definition) is 6. The lowest BCUT2D eigenvalue weighted by molar-refractivity contribution is 0.0725. The fraction of sp³-hybridized carbons (Fsp3) is 0.0833. The Balaban J connectivity index is 1.83. The molecule has 3 rings (SSSR count). The van der Waals surface area contributed by atoms with E-state index in [0.29, 0.717) is 11.5 Å². The van der Waals surface area contributed by atoms with Gasteiger partial charge in [-0.3, -0.25) is 4.79 Å². The van der Waals surface area contributed by atoms with Crippen LogP contribution in [0, 0.1) is 0 Å². The number of fused-ring (bicyclic) bond motifs is 1. The molecule has 0 unspecified atom stereocenters. The van der Waals surface area contributed by atoms with Crippen LogP contribution in [0.3, 0.4) is 0 Å². The maximum Gasteiger partial charge on any atom is 0.345 e. The van der Waals surface area contributed by atoms with E-state index in [4.69, 9.17) is 19.9 Å². The number of nitrogens with one attached hydrogen (secondary N) is 1. The first kappa shape index (κ1) is 12.0. The van der Waals surface area contributed by atoms with Gasteiger partial charge >= 0.3 is 5.97 Å². The highest BCUT2D eigenvalue weighted by molar-refractivity contribution is 5.96. The van der Waals surface area contributed by atoms with Crippen LogP contribution < -0.4 is 19.9 Å². The van der Waals surface area contributed by atoms with Crippen LogP contribution in [0.4, 0.5) is 0 Å². The Morgan fingerprint density at radius 1 is 1.30 bits per heavy atom. The number of rotatable bonds is 3. The van der Waals surface area contributed by atoms with Gasteiger partial charge in [-0.15, -0.1) is 0 Å². The van der Waals surface area contributed by atoms with Crippen molar-refractivity contribution in [3.63, 3.8) is 0 Å². The van der Waals surface area contributed by atoms with Crippen LogP contribution in [-0.2, 0) is 0 Å². The number of primary amides is 1. The smallest absolute Gasteiger partial charge is 0.345 e. The Bertz CT molecular complexity index is 694. The van der Waals surface area contributed by atoms with Crippen LogP contribution in [0.2, 0.25) is 0 Å². The number of benzene rings is 1. The Morgan fingerprint density at radius 3 is 2.90 bits per heavy atom. The number of carbonyl (C=O) groups excluding carboxylic acids is 2. The van der Waals surface area contributed by atoms with Crippen molar-refractivity contribution < 1.29 is 23.8 Å². The SMILES string of the molecule is NC(=O)c1[nH]cnc1OC(=O)c1ccc2c(c1)OCO2. The second-order valence-electron chi connectivity index (χ2n) is 3.90. The topological polar surface area (TPSA) is 117 Å². The van der Waals surface area contributed by atoms with Crippen LogP contribution >= 0.6 is 0 Å². The molecule has 0 atom stereocenters. The van der Waals surface area contributed by atoms with Gasteiger partial charge in [-0.05, 0) is 18.2 Å². The van der Waals surface area contributed by atoms with Crippen molar-refractivity contribution in [2.75, 3.05) is 6.79 Å². The molecular weight excluding hydrogens is 266 g/mol. The molecule has 1 amide bonds. The molecule has 3 N–H and O–H groups in total. The summed E-state index contributed by atoms with van der Waals surface area (Å²) in [6, 6.07) is 4.60. The standard InChI is InChI=1S/C12H9N3O5/c13-10(16)9-11(15-4-14-9)20-12(17)6-1-2-7-8(3-6)19-5-18-7/h1-4H,5H2,(H2,13,16)(H,14,15). The lowest BCUT2D eigenvalue weighted by atomic mass is 10.2. The van der Waals surface area contributed by atoms with Gasteiger partial charge in [0, 0.05) is 0 Å². The van der Waals surface area contributed by atoms with Gasteiger partial charge in [0.05, 0.1) is 11.9 Å². The number of ether oxygens (including phenoxy) is 3. The predicted molar refractivity (Wildman–Crippen MR) is 64.6 cm³/mol. The molecule has 102 valence electrons. The molecule has 8 heteroatoms. The molecule has 8 nitrogen and oxygen atoms in total. The van der Waals surface area contributed by atoms with E-state index < -0.39 is 11.9 Å². The summed E-state index contributed by atoms with van der Waals surface area (Å²) in [6.07, 6.45) is 1.21. The van der Waals surface area contributed by atoms with Crippen molar-refractivity contribution in [2.45, 2.75) is 0 Å². The number of imidazole rings is 1. The number of esters is 1. The first-order chi connectivity index (χ1) is 9.65. The molecule has 1 aliphatic rings. The summed E-state index contributed by atoms with van der Waals surface area (Å²) in [5.41, 5.74) is 5.28. The zero-order valence-electron chi connectivity index (χ0n) is 10.1. The van der Waals surface area contributed by atoms with Crippen molar-refractivity contribution in [3.8, 4) is 17.4 Å². The summed E-state index contributed by atoms with van der Waals surface area (Å²) in [5.74, 6) is -0.607. The van der Waals surface area contributed by atoms with Gasteiger partial charge in [0.2, 0.25) is 6.79 Å². The van der Waals surface area contributed by atoms with E-state index in [2.05, 4.69) is 9.97 Å². The van der Waals surface area contributed by atoms with E-state index in [1.807, 2.05) is 0 Å². The first-order valence-electron chi connectivity index (χ1n) is 5.60. The van der Waals surface area contributed by atoms with Gasteiger partial charge in [0.15, 0.2) is 17.2 Å². The molecule has 0 spiro atoms. The number of H-pyrrole nitrogens is 1. The van der Waals surface area contributed by atoms with E-state index in [1.165, 1.54) is 18.5 Å². The largest absolute Gasteiger partial charge is 0.454 e. The van der Waals surface area contributed by atoms with Crippen molar-refractivity contribution >= 4 is 11.9 Å². The Morgan fingerprint density at radius 2 is 2.10 bits per heavy atom. The van der Waals surface area contributed by atoms with Crippen LogP contribution in [0.5, 0.6) is 17.4 Å².